The molecule has 1 aliphatic rings. The van der Waals surface area contributed by atoms with Crippen molar-refractivity contribution in [2.24, 2.45) is 0 Å². The third kappa shape index (κ3) is 7.02. The number of aryl methyl sites for hydroxylation is 1. The molecule has 6 rings (SSSR count). The Bertz CT molecular complexity index is 1770. The van der Waals surface area contributed by atoms with Crippen molar-refractivity contribution in [3.8, 4) is 45.5 Å². The van der Waals surface area contributed by atoms with Crippen molar-refractivity contribution in [3.05, 3.63) is 115 Å². The Balaban J connectivity index is 0.000000231. The summed E-state index contributed by atoms with van der Waals surface area (Å²) in [6, 6.07) is 31.0. The standard InChI is InChI=1S/C21H18NO2.C14H16NSi.Ir/c1-13(2)16-11-17(22-12-14(16)3)15-7-6-10-20-21(15)24-19-9-5-4-8-18(19)23-20;1-16(2,3)13-9-10-14(15-11-13)12-7-5-4-6-8-12;/h4-6,8-13H,1-3H3;4-7,9-11H,1-3H3;/q2*-1;/i3D3,13D;;. The first-order chi connectivity index (χ1) is 20.7. The van der Waals surface area contributed by atoms with E-state index in [-0.39, 0.29) is 25.7 Å². The second-order valence-corrected chi connectivity index (χ2v) is 15.8. The molecule has 1 radical (unpaired) electrons. The summed E-state index contributed by atoms with van der Waals surface area (Å²) in [5.74, 6) is 1.08. The maximum Gasteiger partial charge on any atom is 0.166 e. The first-order valence-electron chi connectivity index (χ1n) is 15.2. The molecule has 3 aromatic carbocycles. The smallest absolute Gasteiger partial charge is 0.166 e. The van der Waals surface area contributed by atoms with Gasteiger partial charge < -0.3 is 19.4 Å². The van der Waals surface area contributed by atoms with E-state index in [1.807, 2.05) is 48.7 Å². The Labute approximate surface area is 263 Å². The summed E-state index contributed by atoms with van der Waals surface area (Å²) >= 11 is 0. The minimum Gasteiger partial charge on any atom is -0.494 e. The van der Waals surface area contributed by atoms with E-state index in [1.165, 1.54) is 11.4 Å². The van der Waals surface area contributed by atoms with Gasteiger partial charge in [0.15, 0.2) is 11.5 Å². The zero-order valence-corrected chi connectivity index (χ0v) is 27.1. The molecule has 0 fully saturated rings. The van der Waals surface area contributed by atoms with E-state index < -0.39 is 20.8 Å². The van der Waals surface area contributed by atoms with Gasteiger partial charge >= 0.3 is 0 Å². The van der Waals surface area contributed by atoms with E-state index in [9.17, 15) is 0 Å². The SMILES string of the molecule is C[Si](C)(C)c1ccc(-c2[c-]cccc2)nc1.[2H]C([2H])([2H])c1cnc(-c2[c-]ccc3c2Oc2ccccc2O3)cc1C([2H])(C)C.[Ir]. The average Bonchev–Trinajstić information content (AvgIpc) is 2.99. The van der Waals surface area contributed by atoms with Gasteiger partial charge in [-0.2, -0.15) is 0 Å². The summed E-state index contributed by atoms with van der Waals surface area (Å²) in [6.07, 6.45) is 3.33. The van der Waals surface area contributed by atoms with E-state index >= 15 is 0 Å². The topological polar surface area (TPSA) is 44.2 Å². The van der Waals surface area contributed by atoms with Crippen molar-refractivity contribution < 1.29 is 35.1 Å². The molecule has 0 saturated carbocycles. The van der Waals surface area contributed by atoms with Gasteiger partial charge in [-0.25, -0.2) is 0 Å². The predicted octanol–water partition coefficient (Wildman–Crippen LogP) is 8.97. The number of ether oxygens (including phenoxy) is 2. The number of fused-ring (bicyclic) bond motifs is 2. The van der Waals surface area contributed by atoms with Gasteiger partial charge in [-0.1, -0.05) is 75.5 Å². The number of rotatable bonds is 4. The second kappa shape index (κ2) is 12.9. The predicted molar refractivity (Wildman–Crippen MR) is 165 cm³/mol. The van der Waals surface area contributed by atoms with Crippen LogP contribution in [-0.2, 0) is 20.1 Å². The van der Waals surface area contributed by atoms with Crippen LogP contribution in [0.5, 0.6) is 23.0 Å². The van der Waals surface area contributed by atoms with Crippen LogP contribution in [0.3, 0.4) is 0 Å². The van der Waals surface area contributed by atoms with Crippen molar-refractivity contribution in [2.75, 3.05) is 0 Å². The molecule has 0 N–H and O–H groups in total. The van der Waals surface area contributed by atoms with E-state index in [2.05, 4.69) is 53.9 Å². The molecule has 0 spiro atoms. The number of aromatic nitrogens is 2. The Morgan fingerprint density at radius 3 is 2.17 bits per heavy atom. The van der Waals surface area contributed by atoms with Gasteiger partial charge in [0.1, 0.15) is 0 Å². The fraction of sp³-hybridized carbons (Fsp3) is 0.200. The van der Waals surface area contributed by atoms with Crippen LogP contribution in [0.2, 0.25) is 19.6 Å². The molecule has 0 bridgehead atoms. The van der Waals surface area contributed by atoms with Gasteiger partial charge in [-0.15, -0.1) is 48.0 Å². The molecule has 3 heterocycles. The molecule has 1 aliphatic heterocycles. The van der Waals surface area contributed by atoms with E-state index in [0.29, 0.717) is 39.8 Å². The number of pyridine rings is 2. The normalized spacial score (nSPS) is 13.6. The van der Waals surface area contributed by atoms with Crippen molar-refractivity contribution >= 4 is 13.3 Å². The van der Waals surface area contributed by atoms with E-state index in [0.717, 1.165) is 11.3 Å². The van der Waals surface area contributed by atoms with Crippen molar-refractivity contribution in [1.82, 2.24) is 9.97 Å². The Kier molecular flexibility index (Phi) is 7.94. The Morgan fingerprint density at radius 1 is 0.805 bits per heavy atom. The van der Waals surface area contributed by atoms with E-state index in [1.54, 1.807) is 38.1 Å². The van der Waals surface area contributed by atoms with Gasteiger partial charge in [0.2, 0.25) is 0 Å². The van der Waals surface area contributed by atoms with Gasteiger partial charge in [0.05, 0.1) is 19.6 Å². The summed E-state index contributed by atoms with van der Waals surface area (Å²) in [4.78, 5) is 8.86. The first kappa shape index (κ1) is 25.2. The summed E-state index contributed by atoms with van der Waals surface area (Å²) in [6.45, 7) is 7.95. The minimum atomic E-state index is -2.35. The van der Waals surface area contributed by atoms with Crippen LogP contribution >= 0.6 is 0 Å². The molecule has 6 heteroatoms. The number of benzene rings is 3. The van der Waals surface area contributed by atoms with Crippen LogP contribution in [0.4, 0.5) is 0 Å². The number of hydrogen-bond donors (Lipinski definition) is 0. The van der Waals surface area contributed by atoms with Crippen LogP contribution in [0.15, 0.2) is 91.3 Å². The van der Waals surface area contributed by atoms with E-state index in [4.69, 9.17) is 15.0 Å². The van der Waals surface area contributed by atoms with Gasteiger partial charge in [-0.3, -0.25) is 0 Å². The molecule has 211 valence electrons. The summed E-state index contributed by atoms with van der Waals surface area (Å²) < 4.78 is 43.6. The fourth-order valence-electron chi connectivity index (χ4n) is 4.24. The third-order valence-electron chi connectivity index (χ3n) is 6.51. The molecule has 0 unspecified atom stereocenters. The monoisotopic (exact) mass is 739 g/mol. The molecular weight excluding hydrogens is 701 g/mol. The molecule has 2 aromatic heterocycles. The molecule has 41 heavy (non-hydrogen) atoms. The Morgan fingerprint density at radius 2 is 1.54 bits per heavy atom. The van der Waals surface area contributed by atoms with Gasteiger partial charge in [0.25, 0.3) is 0 Å². The zero-order chi connectivity index (χ0) is 31.7. The fourth-order valence-corrected chi connectivity index (χ4v) is 5.27. The van der Waals surface area contributed by atoms with Crippen LogP contribution in [0, 0.1) is 19.0 Å². The molecular formula is C35H34IrN2O2Si-2. The van der Waals surface area contributed by atoms with Crippen molar-refractivity contribution in [2.45, 2.75) is 46.2 Å². The van der Waals surface area contributed by atoms with Crippen LogP contribution in [0.1, 0.15) is 36.4 Å². The number of nitrogens with zero attached hydrogens (tertiary/aromatic N) is 2. The quantitative estimate of drug-likeness (QED) is 0.134. The second-order valence-electron chi connectivity index (χ2n) is 10.8. The van der Waals surface area contributed by atoms with Gasteiger partial charge in [-0.05, 0) is 52.6 Å². The van der Waals surface area contributed by atoms with Crippen LogP contribution < -0.4 is 14.7 Å². The average molecular weight is 739 g/mol. The molecule has 0 saturated heterocycles. The molecule has 5 aromatic rings. The summed E-state index contributed by atoms with van der Waals surface area (Å²) in [5.41, 5.74) is 3.55. The summed E-state index contributed by atoms with van der Waals surface area (Å²) in [7, 11) is -1.23. The minimum absolute atomic E-state index is 0. The molecule has 4 nitrogen and oxygen atoms in total. The van der Waals surface area contributed by atoms with Gasteiger partial charge in [0, 0.05) is 38.0 Å². The first-order valence-corrected chi connectivity index (χ1v) is 16.7. The number of para-hydroxylation sites is 2. The molecule has 0 amide bonds. The van der Waals surface area contributed by atoms with Crippen molar-refractivity contribution in [3.63, 3.8) is 0 Å². The largest absolute Gasteiger partial charge is 0.494 e. The van der Waals surface area contributed by atoms with Crippen LogP contribution in [0.25, 0.3) is 22.5 Å². The maximum absolute atomic E-state index is 8.39. The molecule has 0 aliphatic carbocycles. The zero-order valence-electron chi connectivity index (χ0n) is 27.7. The third-order valence-corrected chi connectivity index (χ3v) is 8.54. The molecule has 0 atom stereocenters. The van der Waals surface area contributed by atoms with Crippen LogP contribution in [-0.4, -0.2) is 18.0 Å². The maximum atomic E-state index is 8.39. The van der Waals surface area contributed by atoms with Crippen molar-refractivity contribution in [1.29, 1.82) is 0 Å². The Hall–Kier alpha value is -3.57. The summed E-state index contributed by atoms with van der Waals surface area (Å²) in [5, 5.41) is 1.40. The number of hydrogen-bond acceptors (Lipinski definition) is 4.